The Kier molecular flexibility index (Phi) is 5.20. The van der Waals surface area contributed by atoms with E-state index in [1.165, 1.54) is 0 Å². The van der Waals surface area contributed by atoms with Crippen molar-refractivity contribution in [1.82, 2.24) is 0 Å². The average Bonchev–Trinajstić information content (AvgIpc) is 2.68. The lowest BCUT2D eigenvalue weighted by Crippen LogP contribution is -2.04. The van der Waals surface area contributed by atoms with E-state index in [2.05, 4.69) is 13.0 Å². The van der Waals surface area contributed by atoms with Crippen LogP contribution in [-0.4, -0.2) is 12.6 Å². The van der Waals surface area contributed by atoms with Crippen molar-refractivity contribution in [2.24, 2.45) is 0 Å². The summed E-state index contributed by atoms with van der Waals surface area (Å²) in [6, 6.07) is 21.9. The molecule has 0 aromatic heterocycles. The summed E-state index contributed by atoms with van der Waals surface area (Å²) in [5, 5.41) is 0. The maximum atomic E-state index is 12.0. The van der Waals surface area contributed by atoms with Gasteiger partial charge in [-0.25, -0.2) is 0 Å². The fourth-order valence-electron chi connectivity index (χ4n) is 3.28. The first-order valence-corrected chi connectivity index (χ1v) is 8.51. The van der Waals surface area contributed by atoms with Crippen LogP contribution in [0.4, 0.5) is 0 Å². The monoisotopic (exact) mass is 328 g/mol. The Balaban J connectivity index is 2.41. The highest BCUT2D eigenvalue weighted by Gasteiger charge is 2.19. The van der Waals surface area contributed by atoms with Gasteiger partial charge < -0.3 is 0 Å². The molecule has 0 radical (unpaired) electrons. The molecular weight excluding hydrogens is 308 g/mol. The van der Waals surface area contributed by atoms with Gasteiger partial charge in [0, 0.05) is 16.7 Å². The van der Waals surface area contributed by atoms with Crippen LogP contribution in [0.5, 0.6) is 0 Å². The minimum Gasteiger partial charge on any atom is -0.298 e. The quantitative estimate of drug-likeness (QED) is 0.552. The molecule has 2 nitrogen and oxygen atoms in total. The zero-order valence-electron chi connectivity index (χ0n) is 14.2. The molecule has 0 N–H and O–H groups in total. The Morgan fingerprint density at radius 2 is 1.32 bits per heavy atom. The Labute approximate surface area is 148 Å². The van der Waals surface area contributed by atoms with Gasteiger partial charge in [-0.1, -0.05) is 74.0 Å². The van der Waals surface area contributed by atoms with Gasteiger partial charge in [0.25, 0.3) is 0 Å². The maximum absolute atomic E-state index is 12.0. The third kappa shape index (κ3) is 3.29. The molecule has 0 spiro atoms. The fraction of sp³-hybridized carbons (Fsp3) is 0.130. The molecule has 0 aliphatic rings. The Hall–Kier alpha value is -3.00. The van der Waals surface area contributed by atoms with Gasteiger partial charge >= 0.3 is 0 Å². The molecule has 124 valence electrons. The van der Waals surface area contributed by atoms with Crippen LogP contribution in [0.15, 0.2) is 66.7 Å². The van der Waals surface area contributed by atoms with Gasteiger partial charge in [-0.2, -0.15) is 0 Å². The number of carbonyl (C=O) groups excluding carboxylic acids is 2. The van der Waals surface area contributed by atoms with E-state index in [1.54, 1.807) is 0 Å². The molecule has 0 amide bonds. The molecule has 0 unspecified atom stereocenters. The summed E-state index contributed by atoms with van der Waals surface area (Å²) in [4.78, 5) is 23.7. The standard InChI is InChI=1S/C23H20O2/c1-2-9-19-14-20(17-10-5-3-6-11-17)23(18-12-7-4-8-13-18)22(16-25)21(19)15-24/h3-8,10-16H,2,9H2,1H3. The highest BCUT2D eigenvalue weighted by Crippen LogP contribution is 2.37. The van der Waals surface area contributed by atoms with E-state index >= 15 is 0 Å². The second-order valence-corrected chi connectivity index (χ2v) is 6.00. The van der Waals surface area contributed by atoms with Gasteiger partial charge in [0.2, 0.25) is 0 Å². The predicted octanol–water partition coefficient (Wildman–Crippen LogP) is 5.60. The van der Waals surface area contributed by atoms with Gasteiger partial charge in [-0.05, 0) is 34.7 Å². The molecule has 0 saturated carbocycles. The molecule has 3 aromatic carbocycles. The molecule has 3 aromatic rings. The summed E-state index contributed by atoms with van der Waals surface area (Å²) in [6.07, 6.45) is 3.31. The molecule has 0 atom stereocenters. The third-order valence-corrected chi connectivity index (χ3v) is 4.40. The molecule has 0 fully saturated rings. The Bertz CT molecular complexity index is 881. The van der Waals surface area contributed by atoms with E-state index in [0.29, 0.717) is 11.1 Å². The second kappa shape index (κ2) is 7.71. The Morgan fingerprint density at radius 1 is 0.760 bits per heavy atom. The number of hydrogen-bond donors (Lipinski definition) is 0. The third-order valence-electron chi connectivity index (χ3n) is 4.40. The fourth-order valence-corrected chi connectivity index (χ4v) is 3.28. The lowest BCUT2D eigenvalue weighted by atomic mass is 9.85. The summed E-state index contributed by atoms with van der Waals surface area (Å²) in [7, 11) is 0. The van der Waals surface area contributed by atoms with Gasteiger partial charge in [-0.15, -0.1) is 0 Å². The molecule has 0 aliphatic carbocycles. The molecular formula is C23H20O2. The molecule has 0 heterocycles. The van der Waals surface area contributed by atoms with Crippen LogP contribution in [0.3, 0.4) is 0 Å². The van der Waals surface area contributed by atoms with E-state index in [1.807, 2.05) is 60.7 Å². The van der Waals surface area contributed by atoms with Crippen LogP contribution >= 0.6 is 0 Å². The van der Waals surface area contributed by atoms with Crippen LogP contribution in [0, 0.1) is 0 Å². The molecule has 2 heteroatoms. The van der Waals surface area contributed by atoms with Gasteiger partial charge in [-0.3, -0.25) is 9.59 Å². The lowest BCUT2D eigenvalue weighted by molar-refractivity contribution is 0.109. The van der Waals surface area contributed by atoms with Crippen molar-refractivity contribution in [1.29, 1.82) is 0 Å². The molecule has 25 heavy (non-hydrogen) atoms. The van der Waals surface area contributed by atoms with E-state index in [4.69, 9.17) is 0 Å². The number of carbonyl (C=O) groups is 2. The number of aldehydes is 2. The summed E-state index contributed by atoms with van der Waals surface area (Å²) in [6.45, 7) is 2.07. The summed E-state index contributed by atoms with van der Waals surface area (Å²) >= 11 is 0. The van der Waals surface area contributed by atoms with E-state index in [-0.39, 0.29) is 0 Å². The van der Waals surface area contributed by atoms with Crippen molar-refractivity contribution < 1.29 is 9.59 Å². The minimum atomic E-state index is 0.478. The van der Waals surface area contributed by atoms with Gasteiger partial charge in [0.15, 0.2) is 12.6 Å². The van der Waals surface area contributed by atoms with E-state index in [0.717, 1.165) is 53.2 Å². The van der Waals surface area contributed by atoms with Crippen molar-refractivity contribution in [2.75, 3.05) is 0 Å². The lowest BCUT2D eigenvalue weighted by Gasteiger charge is -2.18. The molecule has 0 bridgehead atoms. The average molecular weight is 328 g/mol. The normalized spacial score (nSPS) is 10.4. The van der Waals surface area contributed by atoms with Crippen molar-refractivity contribution in [3.8, 4) is 22.3 Å². The topological polar surface area (TPSA) is 34.1 Å². The first kappa shape index (κ1) is 16.8. The predicted molar refractivity (Wildman–Crippen MR) is 102 cm³/mol. The maximum Gasteiger partial charge on any atom is 0.151 e. The minimum absolute atomic E-state index is 0.478. The van der Waals surface area contributed by atoms with E-state index in [9.17, 15) is 9.59 Å². The van der Waals surface area contributed by atoms with Crippen molar-refractivity contribution in [2.45, 2.75) is 19.8 Å². The number of rotatable bonds is 6. The SMILES string of the molecule is CCCc1cc(-c2ccccc2)c(-c2ccccc2)c(C=O)c1C=O. The zero-order valence-corrected chi connectivity index (χ0v) is 14.2. The first-order valence-electron chi connectivity index (χ1n) is 8.51. The molecule has 0 aliphatic heterocycles. The molecule has 0 saturated heterocycles. The molecule has 3 rings (SSSR count). The van der Waals surface area contributed by atoms with Crippen molar-refractivity contribution in [3.05, 3.63) is 83.4 Å². The first-order chi connectivity index (χ1) is 12.3. The number of aryl methyl sites for hydroxylation is 1. The smallest absolute Gasteiger partial charge is 0.151 e. The van der Waals surface area contributed by atoms with Crippen LogP contribution in [0.2, 0.25) is 0 Å². The Morgan fingerprint density at radius 3 is 1.84 bits per heavy atom. The van der Waals surface area contributed by atoms with Crippen LogP contribution in [-0.2, 0) is 6.42 Å². The largest absolute Gasteiger partial charge is 0.298 e. The van der Waals surface area contributed by atoms with E-state index < -0.39 is 0 Å². The highest BCUT2D eigenvalue weighted by atomic mass is 16.1. The number of hydrogen-bond acceptors (Lipinski definition) is 2. The summed E-state index contributed by atoms with van der Waals surface area (Å²) < 4.78 is 0. The van der Waals surface area contributed by atoms with Crippen molar-refractivity contribution in [3.63, 3.8) is 0 Å². The summed E-state index contributed by atoms with van der Waals surface area (Å²) in [5.41, 5.74) is 5.71. The van der Waals surface area contributed by atoms with Crippen LogP contribution < -0.4 is 0 Å². The van der Waals surface area contributed by atoms with Gasteiger partial charge in [0.05, 0.1) is 0 Å². The van der Waals surface area contributed by atoms with Crippen molar-refractivity contribution >= 4 is 12.6 Å². The van der Waals surface area contributed by atoms with Crippen LogP contribution in [0.25, 0.3) is 22.3 Å². The number of benzene rings is 3. The summed E-state index contributed by atoms with van der Waals surface area (Å²) in [5.74, 6) is 0. The van der Waals surface area contributed by atoms with Crippen LogP contribution in [0.1, 0.15) is 39.6 Å². The second-order valence-electron chi connectivity index (χ2n) is 6.00. The highest BCUT2D eigenvalue weighted by molar-refractivity contribution is 6.03. The van der Waals surface area contributed by atoms with Gasteiger partial charge in [0.1, 0.15) is 0 Å². The zero-order chi connectivity index (χ0) is 17.6.